The van der Waals surface area contributed by atoms with Crippen molar-refractivity contribution in [1.82, 2.24) is 16.0 Å². The topological polar surface area (TPSA) is 116 Å². The van der Waals surface area contributed by atoms with E-state index in [1.165, 1.54) is 0 Å². The van der Waals surface area contributed by atoms with Crippen LogP contribution in [0.3, 0.4) is 0 Å². The van der Waals surface area contributed by atoms with Gasteiger partial charge in [0, 0.05) is 19.4 Å². The van der Waals surface area contributed by atoms with Crippen LogP contribution in [0.1, 0.15) is 44.9 Å². The maximum atomic E-state index is 11.4. The summed E-state index contributed by atoms with van der Waals surface area (Å²) in [6.07, 6.45) is 4.94. The van der Waals surface area contributed by atoms with Gasteiger partial charge in [-0.1, -0.05) is 0 Å². The molecule has 0 aromatic heterocycles. The second-order valence-electron chi connectivity index (χ2n) is 5.30. The minimum absolute atomic E-state index is 0.0516. The zero-order valence-corrected chi connectivity index (χ0v) is 13.5. The van der Waals surface area contributed by atoms with E-state index >= 15 is 0 Å². The second kappa shape index (κ2) is 16.2. The number of hydrogen-bond acceptors (Lipinski definition) is 5. The average molecular weight is 316 g/mol. The summed E-state index contributed by atoms with van der Waals surface area (Å²) in [5.41, 5.74) is 5.40. The summed E-state index contributed by atoms with van der Waals surface area (Å²) in [5, 5.41) is 17.9. The fourth-order valence-corrected chi connectivity index (χ4v) is 1.91. The van der Waals surface area contributed by atoms with Gasteiger partial charge in [-0.2, -0.15) is 0 Å². The molecule has 0 aliphatic heterocycles. The third kappa shape index (κ3) is 16.9. The molecule has 0 bridgehead atoms. The van der Waals surface area contributed by atoms with Crippen molar-refractivity contribution < 1.29 is 14.7 Å². The monoisotopic (exact) mass is 316 g/mol. The molecule has 0 atom stereocenters. The Bertz CT molecular complexity index is 288. The van der Waals surface area contributed by atoms with Crippen LogP contribution in [0.2, 0.25) is 0 Å². The molecule has 22 heavy (non-hydrogen) atoms. The fourth-order valence-electron chi connectivity index (χ4n) is 1.91. The summed E-state index contributed by atoms with van der Waals surface area (Å²) in [6.45, 7) is 5.29. The highest BCUT2D eigenvalue weighted by atomic mass is 16.4. The third-order valence-corrected chi connectivity index (χ3v) is 3.16. The molecular weight excluding hydrogens is 284 g/mol. The lowest BCUT2D eigenvalue weighted by molar-refractivity contribution is -0.137. The van der Waals surface area contributed by atoms with Gasteiger partial charge in [-0.05, 0) is 64.8 Å². The van der Waals surface area contributed by atoms with E-state index in [1.807, 2.05) is 0 Å². The van der Waals surface area contributed by atoms with Crippen LogP contribution < -0.4 is 21.7 Å². The maximum Gasteiger partial charge on any atom is 0.303 e. The molecule has 0 rings (SSSR count). The molecular formula is C15H32N4O3. The number of nitrogens with one attached hydrogen (secondary N) is 3. The highest BCUT2D eigenvalue weighted by Gasteiger charge is 2.02. The van der Waals surface area contributed by atoms with Gasteiger partial charge in [0.25, 0.3) is 0 Å². The van der Waals surface area contributed by atoms with Gasteiger partial charge in [-0.15, -0.1) is 0 Å². The van der Waals surface area contributed by atoms with Gasteiger partial charge < -0.3 is 26.8 Å². The van der Waals surface area contributed by atoms with Crippen LogP contribution in [0.15, 0.2) is 0 Å². The van der Waals surface area contributed by atoms with Crippen molar-refractivity contribution in [3.05, 3.63) is 0 Å². The molecule has 130 valence electrons. The van der Waals surface area contributed by atoms with Gasteiger partial charge in [0.15, 0.2) is 0 Å². The van der Waals surface area contributed by atoms with Gasteiger partial charge >= 0.3 is 5.97 Å². The van der Waals surface area contributed by atoms with E-state index < -0.39 is 5.97 Å². The normalized spacial score (nSPS) is 10.6. The first kappa shape index (κ1) is 20.8. The fraction of sp³-hybridized carbons (Fsp3) is 0.867. The molecule has 0 aliphatic carbocycles. The van der Waals surface area contributed by atoms with Gasteiger partial charge in [-0.25, -0.2) is 0 Å². The quantitative estimate of drug-likeness (QED) is 0.257. The van der Waals surface area contributed by atoms with Crippen LogP contribution in [0, 0.1) is 0 Å². The van der Waals surface area contributed by atoms with E-state index in [1.54, 1.807) is 0 Å². The third-order valence-electron chi connectivity index (χ3n) is 3.16. The highest BCUT2D eigenvalue weighted by Crippen LogP contribution is 1.94. The first-order valence-corrected chi connectivity index (χ1v) is 8.26. The minimum atomic E-state index is -0.855. The first-order valence-electron chi connectivity index (χ1n) is 8.26. The van der Waals surface area contributed by atoms with Crippen molar-refractivity contribution in [2.75, 3.05) is 39.3 Å². The maximum absolute atomic E-state index is 11.4. The molecule has 0 spiro atoms. The summed E-state index contributed by atoms with van der Waals surface area (Å²) in [5.74, 6) is -0.920. The summed E-state index contributed by atoms with van der Waals surface area (Å²) < 4.78 is 0. The van der Waals surface area contributed by atoms with Crippen molar-refractivity contribution in [2.45, 2.75) is 44.9 Å². The van der Waals surface area contributed by atoms with Crippen LogP contribution in [-0.4, -0.2) is 56.3 Å². The number of nitrogens with two attached hydrogens (primary N) is 1. The number of carboxylic acid groups (broad SMARTS) is 1. The SMILES string of the molecule is NCCCNCCCCNCCCNC(=O)CCCC(=O)O. The van der Waals surface area contributed by atoms with Crippen LogP contribution in [0.25, 0.3) is 0 Å². The Hall–Kier alpha value is -1.18. The molecule has 7 heteroatoms. The van der Waals surface area contributed by atoms with Crippen molar-refractivity contribution >= 4 is 11.9 Å². The van der Waals surface area contributed by atoms with E-state index in [0.29, 0.717) is 13.0 Å². The van der Waals surface area contributed by atoms with Crippen molar-refractivity contribution in [1.29, 1.82) is 0 Å². The summed E-state index contributed by atoms with van der Waals surface area (Å²) in [4.78, 5) is 21.7. The average Bonchev–Trinajstić information content (AvgIpc) is 2.48. The number of carbonyl (C=O) groups excluding carboxylic acids is 1. The van der Waals surface area contributed by atoms with E-state index in [-0.39, 0.29) is 18.7 Å². The van der Waals surface area contributed by atoms with Gasteiger partial charge in [0.05, 0.1) is 0 Å². The molecule has 0 aromatic carbocycles. The molecule has 0 radical (unpaired) electrons. The van der Waals surface area contributed by atoms with Crippen molar-refractivity contribution in [2.24, 2.45) is 5.73 Å². The zero-order chi connectivity index (χ0) is 16.5. The number of carbonyl (C=O) groups is 2. The predicted octanol–water partition coefficient (Wildman–Crippen LogP) is 0.0558. The summed E-state index contributed by atoms with van der Waals surface area (Å²) in [6, 6.07) is 0. The van der Waals surface area contributed by atoms with Gasteiger partial charge in [0.2, 0.25) is 5.91 Å². The van der Waals surface area contributed by atoms with Gasteiger partial charge in [-0.3, -0.25) is 9.59 Å². The molecule has 0 unspecified atom stereocenters. The van der Waals surface area contributed by atoms with E-state index in [9.17, 15) is 9.59 Å². The largest absolute Gasteiger partial charge is 0.481 e. The number of unbranched alkanes of at least 4 members (excludes halogenated alkanes) is 1. The van der Waals surface area contributed by atoms with Crippen molar-refractivity contribution in [3.63, 3.8) is 0 Å². The van der Waals surface area contributed by atoms with E-state index in [4.69, 9.17) is 10.8 Å². The number of amides is 1. The molecule has 6 N–H and O–H groups in total. The zero-order valence-electron chi connectivity index (χ0n) is 13.5. The molecule has 0 aliphatic rings. The molecule has 0 aromatic rings. The lowest BCUT2D eigenvalue weighted by Crippen LogP contribution is -2.27. The van der Waals surface area contributed by atoms with Crippen molar-refractivity contribution in [3.8, 4) is 0 Å². The smallest absolute Gasteiger partial charge is 0.303 e. The molecule has 0 saturated carbocycles. The molecule has 0 saturated heterocycles. The Kier molecular flexibility index (Phi) is 15.3. The molecule has 1 amide bonds. The lowest BCUT2D eigenvalue weighted by atomic mass is 10.2. The summed E-state index contributed by atoms with van der Waals surface area (Å²) in [7, 11) is 0. The van der Waals surface area contributed by atoms with E-state index in [0.717, 1.165) is 58.4 Å². The first-order chi connectivity index (χ1) is 10.7. The Balaban J connectivity index is 3.13. The second-order valence-corrected chi connectivity index (χ2v) is 5.30. The van der Waals surface area contributed by atoms with Gasteiger partial charge in [0.1, 0.15) is 0 Å². The van der Waals surface area contributed by atoms with Crippen LogP contribution in [0.5, 0.6) is 0 Å². The number of carboxylic acids is 1. The van der Waals surface area contributed by atoms with Crippen LogP contribution in [-0.2, 0) is 9.59 Å². The standard InChI is InChI=1S/C15H32N4O3/c16-8-4-11-17-9-1-2-10-18-12-5-13-19-14(20)6-3-7-15(21)22/h17-18H,1-13,16H2,(H,19,20)(H,21,22). The van der Waals surface area contributed by atoms with Crippen LogP contribution in [0.4, 0.5) is 0 Å². The Morgan fingerprint density at radius 1 is 0.773 bits per heavy atom. The highest BCUT2D eigenvalue weighted by molar-refractivity contribution is 5.76. The molecule has 7 nitrogen and oxygen atoms in total. The van der Waals surface area contributed by atoms with Crippen LogP contribution >= 0.6 is 0 Å². The Morgan fingerprint density at radius 2 is 1.36 bits per heavy atom. The Labute approximate surface area is 133 Å². The Morgan fingerprint density at radius 3 is 1.95 bits per heavy atom. The minimum Gasteiger partial charge on any atom is -0.481 e. The predicted molar refractivity (Wildman–Crippen MR) is 87.8 cm³/mol. The number of rotatable bonds is 16. The summed E-state index contributed by atoms with van der Waals surface area (Å²) >= 11 is 0. The number of hydrogen-bond donors (Lipinski definition) is 5. The molecule has 0 heterocycles. The number of aliphatic carboxylic acids is 1. The molecule has 0 fully saturated rings. The lowest BCUT2D eigenvalue weighted by Gasteiger charge is -2.07. The van der Waals surface area contributed by atoms with E-state index in [2.05, 4.69) is 16.0 Å².